The predicted octanol–water partition coefficient (Wildman–Crippen LogP) is 11.7. The average Bonchev–Trinajstić information content (AvgIpc) is 3.74. The van der Waals surface area contributed by atoms with Crippen molar-refractivity contribution in [3.05, 3.63) is 157 Å². The highest BCUT2D eigenvalue weighted by molar-refractivity contribution is 6.14. The molecule has 0 saturated heterocycles. The van der Waals surface area contributed by atoms with E-state index in [1.807, 2.05) is 18.5 Å². The molecular weight excluding hydrogens is 560 g/mol. The van der Waals surface area contributed by atoms with E-state index in [1.165, 1.54) is 27.8 Å². The number of para-hydroxylation sites is 1. The zero-order valence-corrected chi connectivity index (χ0v) is 26.2. The monoisotopic (exact) mass is 594 g/mol. The molecule has 0 atom stereocenters. The van der Waals surface area contributed by atoms with Gasteiger partial charge in [0.1, 0.15) is 17.0 Å². The average molecular weight is 595 g/mol. The van der Waals surface area contributed by atoms with E-state index in [9.17, 15) is 0 Å². The molecule has 46 heavy (non-hydrogen) atoms. The minimum Gasteiger partial charge on any atom is -0.455 e. The first-order chi connectivity index (χ1) is 22.4. The summed E-state index contributed by atoms with van der Waals surface area (Å²) in [6.07, 6.45) is 3.87. The van der Waals surface area contributed by atoms with E-state index in [4.69, 9.17) is 9.40 Å². The zero-order chi connectivity index (χ0) is 31.3. The Morgan fingerprint density at radius 1 is 0.522 bits per heavy atom. The lowest BCUT2D eigenvalue weighted by Gasteiger charge is -2.19. The predicted molar refractivity (Wildman–Crippen MR) is 191 cm³/mol. The molecule has 0 aliphatic carbocycles. The number of furan rings is 1. The molecule has 8 aromatic rings. The fourth-order valence-corrected chi connectivity index (χ4v) is 6.39. The van der Waals surface area contributed by atoms with Crippen LogP contribution in [0.3, 0.4) is 0 Å². The van der Waals surface area contributed by atoms with Crippen LogP contribution in [0.1, 0.15) is 26.3 Å². The third kappa shape index (κ3) is 4.91. The summed E-state index contributed by atoms with van der Waals surface area (Å²) in [5.41, 5.74) is 12.1. The van der Waals surface area contributed by atoms with Gasteiger partial charge in [0, 0.05) is 34.4 Å². The van der Waals surface area contributed by atoms with E-state index >= 15 is 0 Å². The maximum Gasteiger partial charge on any atom is 0.148 e. The SMILES string of the molecule is CC(C)(C)c1ccc(-c2cc(-c3ccccc3)c3oc4c(-c5nccn5-c5ccc(-c6ccccc6)cc5)cccc4c3c2)cc1. The van der Waals surface area contributed by atoms with Gasteiger partial charge in [0.05, 0.1) is 5.56 Å². The fourth-order valence-electron chi connectivity index (χ4n) is 6.39. The quantitative estimate of drug-likeness (QED) is 0.198. The summed E-state index contributed by atoms with van der Waals surface area (Å²) < 4.78 is 9.00. The van der Waals surface area contributed by atoms with Crippen molar-refractivity contribution in [3.8, 4) is 50.5 Å². The van der Waals surface area contributed by atoms with Gasteiger partial charge in [0.2, 0.25) is 0 Å². The van der Waals surface area contributed by atoms with Gasteiger partial charge in [-0.2, -0.15) is 0 Å². The Balaban J connectivity index is 1.28. The highest BCUT2D eigenvalue weighted by Crippen LogP contribution is 2.42. The molecule has 0 N–H and O–H groups in total. The Hall–Kier alpha value is -5.67. The first-order valence-corrected chi connectivity index (χ1v) is 15.8. The summed E-state index contributed by atoms with van der Waals surface area (Å²) in [4.78, 5) is 4.84. The molecule has 2 aromatic heterocycles. The first kappa shape index (κ1) is 27.8. The molecule has 0 amide bonds. The second kappa shape index (κ2) is 11.0. The Morgan fingerprint density at radius 3 is 1.83 bits per heavy atom. The molecule has 2 heterocycles. The van der Waals surface area contributed by atoms with Gasteiger partial charge in [-0.15, -0.1) is 0 Å². The van der Waals surface area contributed by atoms with Crippen LogP contribution >= 0.6 is 0 Å². The number of imidazole rings is 1. The number of hydrogen-bond acceptors (Lipinski definition) is 2. The van der Waals surface area contributed by atoms with Crippen molar-refractivity contribution in [1.29, 1.82) is 0 Å². The van der Waals surface area contributed by atoms with E-state index in [0.29, 0.717) is 0 Å². The molecular formula is C43H34N2O. The van der Waals surface area contributed by atoms with Gasteiger partial charge >= 0.3 is 0 Å². The number of hydrogen-bond donors (Lipinski definition) is 0. The molecule has 0 bridgehead atoms. The van der Waals surface area contributed by atoms with Gasteiger partial charge in [-0.1, -0.05) is 130 Å². The number of benzene rings is 6. The molecule has 8 rings (SSSR count). The van der Waals surface area contributed by atoms with Crippen LogP contribution in [0.25, 0.3) is 72.4 Å². The molecule has 0 unspecified atom stereocenters. The molecule has 6 aromatic carbocycles. The van der Waals surface area contributed by atoms with Gasteiger partial charge in [-0.05, 0) is 69.1 Å². The van der Waals surface area contributed by atoms with Crippen LogP contribution in [0, 0.1) is 0 Å². The maximum absolute atomic E-state index is 6.86. The molecule has 0 fully saturated rings. The second-order valence-corrected chi connectivity index (χ2v) is 12.9. The van der Waals surface area contributed by atoms with Crippen LogP contribution in [0.4, 0.5) is 0 Å². The van der Waals surface area contributed by atoms with Gasteiger partial charge in [-0.25, -0.2) is 4.98 Å². The van der Waals surface area contributed by atoms with Crippen LogP contribution in [-0.4, -0.2) is 9.55 Å². The maximum atomic E-state index is 6.86. The smallest absolute Gasteiger partial charge is 0.148 e. The standard InChI is InChI=1S/C43H34N2O/c1-43(2,3)34-21-17-31(18-22-34)33-27-38(32-13-8-5-9-14-32)41-39(28-33)36-15-10-16-37(40(36)46-41)42-44-25-26-45(42)35-23-19-30(20-24-35)29-11-6-4-7-12-29/h4-28H,1-3H3. The number of fused-ring (bicyclic) bond motifs is 3. The highest BCUT2D eigenvalue weighted by atomic mass is 16.3. The minimum absolute atomic E-state index is 0.102. The van der Waals surface area contributed by atoms with Crippen LogP contribution < -0.4 is 0 Å². The fraction of sp³-hybridized carbons (Fsp3) is 0.0930. The molecule has 0 radical (unpaired) electrons. The van der Waals surface area contributed by atoms with Crippen molar-refractivity contribution in [2.24, 2.45) is 0 Å². The second-order valence-electron chi connectivity index (χ2n) is 12.9. The van der Waals surface area contributed by atoms with Crippen molar-refractivity contribution < 1.29 is 4.42 Å². The van der Waals surface area contributed by atoms with Gasteiger partial charge in [0.25, 0.3) is 0 Å². The van der Waals surface area contributed by atoms with E-state index in [-0.39, 0.29) is 5.41 Å². The first-order valence-electron chi connectivity index (χ1n) is 15.8. The van der Waals surface area contributed by atoms with E-state index in [0.717, 1.165) is 50.1 Å². The molecule has 3 heteroatoms. The lowest BCUT2D eigenvalue weighted by Crippen LogP contribution is -2.10. The van der Waals surface area contributed by atoms with Crippen molar-refractivity contribution in [1.82, 2.24) is 9.55 Å². The van der Waals surface area contributed by atoms with Crippen molar-refractivity contribution in [2.45, 2.75) is 26.2 Å². The van der Waals surface area contributed by atoms with Crippen LogP contribution in [0.15, 0.2) is 156 Å². The van der Waals surface area contributed by atoms with Gasteiger partial charge < -0.3 is 4.42 Å². The van der Waals surface area contributed by atoms with Crippen molar-refractivity contribution in [3.63, 3.8) is 0 Å². The van der Waals surface area contributed by atoms with Crippen LogP contribution in [0.2, 0.25) is 0 Å². The largest absolute Gasteiger partial charge is 0.455 e. The summed E-state index contributed by atoms with van der Waals surface area (Å²) in [5.74, 6) is 0.844. The summed E-state index contributed by atoms with van der Waals surface area (Å²) >= 11 is 0. The molecule has 0 saturated carbocycles. The molecule has 222 valence electrons. The third-order valence-electron chi connectivity index (χ3n) is 8.90. The Bertz CT molecular complexity index is 2300. The van der Waals surface area contributed by atoms with Gasteiger partial charge in [-0.3, -0.25) is 4.57 Å². The number of nitrogens with zero attached hydrogens (tertiary/aromatic N) is 2. The number of rotatable bonds is 5. The summed E-state index contributed by atoms with van der Waals surface area (Å²) in [5, 5.41) is 2.17. The molecule has 0 spiro atoms. The molecule has 3 nitrogen and oxygen atoms in total. The molecule has 0 aliphatic heterocycles. The normalized spacial score (nSPS) is 11.8. The lowest BCUT2D eigenvalue weighted by molar-refractivity contribution is 0.590. The summed E-state index contributed by atoms with van der Waals surface area (Å²) in [7, 11) is 0. The third-order valence-corrected chi connectivity index (χ3v) is 8.90. The van der Waals surface area contributed by atoms with E-state index < -0.39 is 0 Å². The zero-order valence-electron chi connectivity index (χ0n) is 26.2. The van der Waals surface area contributed by atoms with E-state index in [1.54, 1.807) is 0 Å². The van der Waals surface area contributed by atoms with Crippen molar-refractivity contribution >= 4 is 21.9 Å². The minimum atomic E-state index is 0.102. The van der Waals surface area contributed by atoms with Crippen LogP contribution in [0.5, 0.6) is 0 Å². The van der Waals surface area contributed by atoms with Crippen molar-refractivity contribution in [2.75, 3.05) is 0 Å². The summed E-state index contributed by atoms with van der Waals surface area (Å²) in [6, 6.07) is 49.5. The molecule has 0 aliphatic rings. The van der Waals surface area contributed by atoms with Crippen LogP contribution in [-0.2, 0) is 5.41 Å². The van der Waals surface area contributed by atoms with Gasteiger partial charge in [0.15, 0.2) is 0 Å². The Labute approximate surface area is 269 Å². The topological polar surface area (TPSA) is 31.0 Å². The lowest BCUT2D eigenvalue weighted by atomic mass is 9.86. The highest BCUT2D eigenvalue weighted by Gasteiger charge is 2.20. The number of aromatic nitrogens is 2. The summed E-state index contributed by atoms with van der Waals surface area (Å²) in [6.45, 7) is 6.76. The van der Waals surface area contributed by atoms with E-state index in [2.05, 4.69) is 159 Å². The Kier molecular flexibility index (Phi) is 6.69. The Morgan fingerprint density at radius 2 is 1.13 bits per heavy atom.